The monoisotopic (exact) mass is 436 g/mol. The molecule has 0 saturated carbocycles. The number of aliphatic hydroxyl groups excluding tert-OH is 2. The first kappa shape index (κ1) is 22.7. The van der Waals surface area contributed by atoms with Crippen molar-refractivity contribution in [3.8, 4) is 0 Å². The molecule has 3 N–H and O–H groups in total. The number of amides is 2. The van der Waals surface area contributed by atoms with Gasteiger partial charge in [-0.1, -0.05) is 12.1 Å². The van der Waals surface area contributed by atoms with Crippen LogP contribution in [0.15, 0.2) is 36.7 Å². The molecule has 1 aliphatic rings. The Morgan fingerprint density at radius 3 is 2.61 bits per heavy atom. The Kier molecular flexibility index (Phi) is 6.91. The molecule has 0 bridgehead atoms. The van der Waals surface area contributed by atoms with Crippen LogP contribution in [0.5, 0.6) is 0 Å². The first-order chi connectivity index (χ1) is 14.7. The van der Waals surface area contributed by atoms with E-state index < -0.39 is 23.9 Å². The number of nitrogens with zero attached hydrogens (tertiary/aromatic N) is 3. The van der Waals surface area contributed by atoms with Gasteiger partial charge in [-0.15, -0.1) is 0 Å². The van der Waals surface area contributed by atoms with Crippen LogP contribution in [0.25, 0.3) is 5.57 Å². The van der Waals surface area contributed by atoms with Crippen LogP contribution >= 0.6 is 0 Å². The number of hydrogen-bond acceptors (Lipinski definition) is 5. The summed E-state index contributed by atoms with van der Waals surface area (Å²) in [5.74, 6) is 0.0472. The fourth-order valence-corrected chi connectivity index (χ4v) is 3.31. The minimum Gasteiger partial charge on any atom is -0.394 e. The Morgan fingerprint density at radius 2 is 2.06 bits per heavy atom. The van der Waals surface area contributed by atoms with Crippen molar-refractivity contribution < 1.29 is 28.2 Å². The smallest absolute Gasteiger partial charge is 0.394 e. The van der Waals surface area contributed by atoms with E-state index in [4.69, 9.17) is 5.11 Å². The quantitative estimate of drug-likeness (QED) is 0.669. The molecular formula is C21H23F3N4O3. The summed E-state index contributed by atoms with van der Waals surface area (Å²) in [5, 5.41) is 21.0. The third kappa shape index (κ3) is 5.80. The summed E-state index contributed by atoms with van der Waals surface area (Å²) >= 11 is 0. The Hall–Kier alpha value is -2.98. The van der Waals surface area contributed by atoms with Gasteiger partial charge >= 0.3 is 12.2 Å². The van der Waals surface area contributed by atoms with Crippen molar-refractivity contribution in [3.05, 3.63) is 59.1 Å². The molecule has 10 heteroatoms. The molecule has 3 heterocycles. The summed E-state index contributed by atoms with van der Waals surface area (Å²) in [6.07, 6.45) is -0.186. The van der Waals surface area contributed by atoms with Crippen LogP contribution in [0.2, 0.25) is 0 Å². The normalized spacial score (nSPS) is 15.4. The summed E-state index contributed by atoms with van der Waals surface area (Å²) in [7, 11) is 0. The van der Waals surface area contributed by atoms with Crippen molar-refractivity contribution in [2.45, 2.75) is 32.0 Å². The Balaban J connectivity index is 1.61. The van der Waals surface area contributed by atoms with Crippen LogP contribution in [0, 0.1) is 6.92 Å². The zero-order chi connectivity index (χ0) is 22.6. The number of halogens is 3. The fraction of sp³-hybridized carbons (Fsp3) is 0.381. The fourth-order valence-electron chi connectivity index (χ4n) is 3.31. The van der Waals surface area contributed by atoms with E-state index in [1.54, 1.807) is 6.20 Å². The molecule has 166 valence electrons. The van der Waals surface area contributed by atoms with Gasteiger partial charge in [0.15, 0.2) is 0 Å². The molecule has 7 nitrogen and oxygen atoms in total. The topological polar surface area (TPSA) is 98.6 Å². The number of aromatic nitrogens is 2. The van der Waals surface area contributed by atoms with Crippen LogP contribution in [0.4, 0.5) is 23.8 Å². The zero-order valence-corrected chi connectivity index (χ0v) is 16.9. The van der Waals surface area contributed by atoms with Crippen LogP contribution in [0.1, 0.15) is 28.8 Å². The summed E-state index contributed by atoms with van der Waals surface area (Å²) in [4.78, 5) is 22.1. The first-order valence-electron chi connectivity index (χ1n) is 9.70. The Labute approximate surface area is 177 Å². The molecule has 1 aliphatic heterocycles. The molecule has 1 atom stereocenters. The SMILES string of the molecule is Cc1cc(CC(O)CO)cnc1C1=CCN(C(=O)Nc2ccc(C(F)(F)F)cn2)CC1. The van der Waals surface area contributed by atoms with Gasteiger partial charge in [-0.25, -0.2) is 9.78 Å². The van der Waals surface area contributed by atoms with E-state index in [0.29, 0.717) is 32.1 Å². The Morgan fingerprint density at radius 1 is 1.29 bits per heavy atom. The zero-order valence-electron chi connectivity index (χ0n) is 16.9. The molecule has 0 radical (unpaired) electrons. The standard InChI is InChI=1S/C21H23F3N4O3/c1-13-8-14(9-17(30)12-29)10-26-19(13)15-4-6-28(7-5-15)20(31)27-18-3-2-16(11-25-18)21(22,23)24/h2-4,8,10-11,17,29-30H,5-7,9,12H2,1H3,(H,25,27,31). The van der Waals surface area contributed by atoms with Crippen molar-refractivity contribution >= 4 is 17.4 Å². The number of anilines is 1. The average Bonchev–Trinajstić information content (AvgIpc) is 2.73. The van der Waals surface area contributed by atoms with Crippen molar-refractivity contribution in [2.75, 3.05) is 25.0 Å². The number of urea groups is 1. The van der Waals surface area contributed by atoms with Crippen molar-refractivity contribution in [2.24, 2.45) is 0 Å². The van der Waals surface area contributed by atoms with Gasteiger partial charge in [0.2, 0.25) is 0 Å². The molecule has 2 aromatic rings. The van der Waals surface area contributed by atoms with Gasteiger partial charge in [-0.05, 0) is 42.2 Å². The van der Waals surface area contributed by atoms with Crippen LogP contribution in [-0.4, -0.2) is 56.9 Å². The summed E-state index contributed by atoms with van der Waals surface area (Å²) in [6, 6.07) is 3.46. The van der Waals surface area contributed by atoms with Crippen molar-refractivity contribution in [1.82, 2.24) is 14.9 Å². The molecular weight excluding hydrogens is 413 g/mol. The lowest BCUT2D eigenvalue weighted by molar-refractivity contribution is -0.137. The third-order valence-corrected chi connectivity index (χ3v) is 4.94. The maximum absolute atomic E-state index is 12.6. The number of carbonyl (C=O) groups is 1. The second-order valence-corrected chi connectivity index (χ2v) is 7.33. The molecule has 0 saturated heterocycles. The Bertz CT molecular complexity index is 961. The second-order valence-electron chi connectivity index (χ2n) is 7.33. The van der Waals surface area contributed by atoms with Gasteiger partial charge in [0.25, 0.3) is 0 Å². The van der Waals surface area contributed by atoms with E-state index >= 15 is 0 Å². The van der Waals surface area contributed by atoms with E-state index in [2.05, 4.69) is 15.3 Å². The first-order valence-corrected chi connectivity index (χ1v) is 9.70. The maximum atomic E-state index is 12.6. The van der Waals surface area contributed by atoms with Gasteiger partial charge in [0.05, 0.1) is 24.0 Å². The highest BCUT2D eigenvalue weighted by Gasteiger charge is 2.30. The molecule has 2 amide bonds. The van der Waals surface area contributed by atoms with Crippen LogP contribution in [0.3, 0.4) is 0 Å². The summed E-state index contributed by atoms with van der Waals surface area (Å²) in [6.45, 7) is 2.34. The molecule has 0 aromatic carbocycles. The van der Waals surface area contributed by atoms with E-state index in [9.17, 15) is 23.1 Å². The van der Waals surface area contributed by atoms with E-state index in [-0.39, 0.29) is 12.4 Å². The number of aliphatic hydroxyl groups is 2. The number of hydrogen-bond donors (Lipinski definition) is 3. The highest BCUT2D eigenvalue weighted by atomic mass is 19.4. The highest BCUT2D eigenvalue weighted by molar-refractivity contribution is 5.89. The van der Waals surface area contributed by atoms with Crippen molar-refractivity contribution in [3.63, 3.8) is 0 Å². The second kappa shape index (κ2) is 9.44. The number of pyridine rings is 2. The van der Waals surface area contributed by atoms with E-state index in [0.717, 1.165) is 34.5 Å². The number of nitrogens with one attached hydrogen (secondary N) is 1. The molecule has 1 unspecified atom stereocenters. The number of carbonyl (C=O) groups excluding carboxylic acids is 1. The molecule has 0 aliphatic carbocycles. The van der Waals surface area contributed by atoms with Crippen LogP contribution in [-0.2, 0) is 12.6 Å². The van der Waals surface area contributed by atoms with Gasteiger partial charge < -0.3 is 15.1 Å². The van der Waals surface area contributed by atoms with E-state index in [1.165, 1.54) is 4.90 Å². The lowest BCUT2D eigenvalue weighted by atomic mass is 9.99. The predicted molar refractivity (Wildman–Crippen MR) is 108 cm³/mol. The molecule has 3 rings (SSSR count). The average molecular weight is 436 g/mol. The maximum Gasteiger partial charge on any atom is 0.417 e. The van der Waals surface area contributed by atoms with E-state index in [1.807, 2.05) is 19.1 Å². The van der Waals surface area contributed by atoms with Gasteiger partial charge in [0.1, 0.15) is 5.82 Å². The predicted octanol–water partition coefficient (Wildman–Crippen LogP) is 3.02. The minimum absolute atomic E-state index is 0.0472. The summed E-state index contributed by atoms with van der Waals surface area (Å²) in [5.41, 5.74) is 2.68. The summed E-state index contributed by atoms with van der Waals surface area (Å²) < 4.78 is 37.8. The van der Waals surface area contributed by atoms with Crippen molar-refractivity contribution in [1.29, 1.82) is 0 Å². The lowest BCUT2D eigenvalue weighted by Crippen LogP contribution is -2.38. The largest absolute Gasteiger partial charge is 0.417 e. The molecule has 0 fully saturated rings. The minimum atomic E-state index is -4.48. The third-order valence-electron chi connectivity index (χ3n) is 4.94. The highest BCUT2D eigenvalue weighted by Crippen LogP contribution is 2.29. The molecule has 2 aromatic heterocycles. The lowest BCUT2D eigenvalue weighted by Gasteiger charge is -2.27. The van der Waals surface area contributed by atoms with Gasteiger partial charge in [-0.3, -0.25) is 10.3 Å². The van der Waals surface area contributed by atoms with Gasteiger partial charge in [-0.2, -0.15) is 13.2 Å². The van der Waals surface area contributed by atoms with Gasteiger partial charge in [0, 0.05) is 31.9 Å². The van der Waals surface area contributed by atoms with Crippen LogP contribution < -0.4 is 5.32 Å². The molecule has 31 heavy (non-hydrogen) atoms. The number of aryl methyl sites for hydroxylation is 1. The number of rotatable bonds is 5. The number of alkyl halides is 3. The molecule has 0 spiro atoms.